The topological polar surface area (TPSA) is 49.6 Å². The van der Waals surface area contributed by atoms with Gasteiger partial charge < -0.3 is 15.5 Å². The predicted octanol–water partition coefficient (Wildman–Crippen LogP) is 2.11. The van der Waals surface area contributed by atoms with Crippen LogP contribution in [0.3, 0.4) is 0 Å². The van der Waals surface area contributed by atoms with Crippen molar-refractivity contribution in [3.05, 3.63) is 24.3 Å². The molecule has 4 heteroatoms. The lowest BCUT2D eigenvalue weighted by Gasteiger charge is -2.25. The number of hydrogen-bond acceptors (Lipinski definition) is 3. The number of rotatable bonds is 3. The Balaban J connectivity index is 1.92. The lowest BCUT2D eigenvalue weighted by atomic mass is 10.2. The highest BCUT2D eigenvalue weighted by molar-refractivity contribution is 5.81. The molecular formula is C15H23N3O. The SMILES string of the molecule is CN(CC(=O)N1CCCCCC1)c1ccc(N)cc1. The van der Waals surface area contributed by atoms with Gasteiger partial charge in [-0.3, -0.25) is 4.79 Å². The van der Waals surface area contributed by atoms with Crippen LogP contribution in [0.5, 0.6) is 0 Å². The monoisotopic (exact) mass is 261 g/mol. The number of nitrogens with zero attached hydrogens (tertiary/aromatic N) is 2. The fraction of sp³-hybridized carbons (Fsp3) is 0.533. The molecule has 0 saturated carbocycles. The number of carbonyl (C=O) groups excluding carboxylic acids is 1. The lowest BCUT2D eigenvalue weighted by molar-refractivity contribution is -0.129. The van der Waals surface area contributed by atoms with Crippen LogP contribution in [0.2, 0.25) is 0 Å². The number of likely N-dealkylation sites (N-methyl/N-ethyl adjacent to an activating group) is 1. The fourth-order valence-corrected chi connectivity index (χ4v) is 2.44. The number of amides is 1. The number of likely N-dealkylation sites (tertiary alicyclic amines) is 1. The summed E-state index contributed by atoms with van der Waals surface area (Å²) in [6.07, 6.45) is 4.77. The van der Waals surface area contributed by atoms with Crippen LogP contribution in [0, 0.1) is 0 Å². The van der Waals surface area contributed by atoms with Crippen LogP contribution in [0.25, 0.3) is 0 Å². The molecule has 0 atom stereocenters. The Morgan fingerprint density at radius 3 is 2.32 bits per heavy atom. The Kier molecular flexibility index (Phi) is 4.66. The molecule has 0 spiro atoms. The van der Waals surface area contributed by atoms with Crippen LogP contribution >= 0.6 is 0 Å². The number of nitrogen functional groups attached to an aromatic ring is 1. The number of hydrogen-bond donors (Lipinski definition) is 1. The average Bonchev–Trinajstić information content (AvgIpc) is 2.68. The van der Waals surface area contributed by atoms with Gasteiger partial charge in [0.05, 0.1) is 6.54 Å². The molecule has 0 radical (unpaired) electrons. The van der Waals surface area contributed by atoms with Crippen LogP contribution in [-0.2, 0) is 4.79 Å². The first-order valence-corrected chi connectivity index (χ1v) is 7.01. The van der Waals surface area contributed by atoms with E-state index in [2.05, 4.69) is 0 Å². The van der Waals surface area contributed by atoms with E-state index in [1.54, 1.807) is 0 Å². The van der Waals surface area contributed by atoms with Gasteiger partial charge in [0, 0.05) is 31.5 Å². The maximum atomic E-state index is 12.3. The van der Waals surface area contributed by atoms with Crippen molar-refractivity contribution in [1.82, 2.24) is 4.90 Å². The molecule has 1 aliphatic rings. The normalized spacial score (nSPS) is 15.9. The highest BCUT2D eigenvalue weighted by Gasteiger charge is 2.17. The second-order valence-corrected chi connectivity index (χ2v) is 5.24. The van der Waals surface area contributed by atoms with E-state index in [-0.39, 0.29) is 5.91 Å². The van der Waals surface area contributed by atoms with E-state index in [0.717, 1.165) is 37.3 Å². The van der Waals surface area contributed by atoms with Crippen LogP contribution < -0.4 is 10.6 Å². The summed E-state index contributed by atoms with van der Waals surface area (Å²) in [5.41, 5.74) is 7.44. The Bertz CT molecular complexity index is 408. The maximum absolute atomic E-state index is 12.3. The molecule has 0 aromatic heterocycles. The lowest BCUT2D eigenvalue weighted by Crippen LogP contribution is -2.39. The van der Waals surface area contributed by atoms with Gasteiger partial charge in [-0.2, -0.15) is 0 Å². The van der Waals surface area contributed by atoms with Crippen molar-refractivity contribution in [1.29, 1.82) is 0 Å². The largest absolute Gasteiger partial charge is 0.399 e. The minimum atomic E-state index is 0.223. The zero-order chi connectivity index (χ0) is 13.7. The first-order chi connectivity index (χ1) is 9.16. The second kappa shape index (κ2) is 6.45. The highest BCUT2D eigenvalue weighted by Crippen LogP contribution is 2.15. The molecule has 2 rings (SSSR count). The fourth-order valence-electron chi connectivity index (χ4n) is 2.44. The number of nitrogens with two attached hydrogens (primary N) is 1. The van der Waals surface area contributed by atoms with Gasteiger partial charge in [-0.15, -0.1) is 0 Å². The summed E-state index contributed by atoms with van der Waals surface area (Å²) in [7, 11) is 1.95. The molecule has 19 heavy (non-hydrogen) atoms. The molecule has 4 nitrogen and oxygen atoms in total. The minimum absolute atomic E-state index is 0.223. The minimum Gasteiger partial charge on any atom is -0.399 e. The smallest absolute Gasteiger partial charge is 0.242 e. The van der Waals surface area contributed by atoms with E-state index in [9.17, 15) is 4.79 Å². The molecular weight excluding hydrogens is 238 g/mol. The quantitative estimate of drug-likeness (QED) is 0.848. The molecule has 1 aromatic rings. The van der Waals surface area contributed by atoms with Gasteiger partial charge in [0.1, 0.15) is 0 Å². The molecule has 0 unspecified atom stereocenters. The van der Waals surface area contributed by atoms with Gasteiger partial charge in [-0.1, -0.05) is 12.8 Å². The van der Waals surface area contributed by atoms with Crippen molar-refractivity contribution in [3.8, 4) is 0 Å². The molecule has 0 bridgehead atoms. The van der Waals surface area contributed by atoms with Gasteiger partial charge >= 0.3 is 0 Å². The van der Waals surface area contributed by atoms with Crippen molar-refractivity contribution in [2.24, 2.45) is 0 Å². The summed E-state index contributed by atoms with van der Waals surface area (Å²) in [6.45, 7) is 2.26. The predicted molar refractivity (Wildman–Crippen MR) is 79.2 cm³/mol. The average molecular weight is 261 g/mol. The Morgan fingerprint density at radius 2 is 1.74 bits per heavy atom. The summed E-state index contributed by atoms with van der Waals surface area (Å²) in [6, 6.07) is 7.63. The summed E-state index contributed by atoms with van der Waals surface area (Å²) < 4.78 is 0. The summed E-state index contributed by atoms with van der Waals surface area (Å²) in [5.74, 6) is 0.223. The zero-order valence-corrected chi connectivity index (χ0v) is 11.6. The van der Waals surface area contributed by atoms with Crippen molar-refractivity contribution >= 4 is 17.3 Å². The van der Waals surface area contributed by atoms with Crippen LogP contribution in [0.4, 0.5) is 11.4 Å². The molecule has 1 heterocycles. The van der Waals surface area contributed by atoms with Crippen molar-refractivity contribution in [3.63, 3.8) is 0 Å². The maximum Gasteiger partial charge on any atom is 0.242 e. The number of anilines is 2. The summed E-state index contributed by atoms with van der Waals surface area (Å²) in [5, 5.41) is 0. The van der Waals surface area contributed by atoms with Gasteiger partial charge in [-0.05, 0) is 37.1 Å². The molecule has 1 amide bonds. The molecule has 104 valence electrons. The third-order valence-corrected chi connectivity index (χ3v) is 3.67. The van der Waals surface area contributed by atoms with Crippen LogP contribution in [-0.4, -0.2) is 37.5 Å². The Morgan fingerprint density at radius 1 is 1.16 bits per heavy atom. The number of carbonyl (C=O) groups is 1. The van der Waals surface area contributed by atoms with E-state index in [1.807, 2.05) is 41.1 Å². The van der Waals surface area contributed by atoms with Gasteiger partial charge in [0.2, 0.25) is 5.91 Å². The summed E-state index contributed by atoms with van der Waals surface area (Å²) in [4.78, 5) is 16.2. The van der Waals surface area contributed by atoms with Gasteiger partial charge in [0.25, 0.3) is 0 Å². The van der Waals surface area contributed by atoms with Crippen molar-refractivity contribution in [2.45, 2.75) is 25.7 Å². The number of benzene rings is 1. The molecule has 1 saturated heterocycles. The molecule has 1 fully saturated rings. The Labute approximate surface area is 115 Å². The van der Waals surface area contributed by atoms with Crippen LogP contribution in [0.1, 0.15) is 25.7 Å². The second-order valence-electron chi connectivity index (χ2n) is 5.24. The van der Waals surface area contributed by atoms with E-state index in [0.29, 0.717) is 6.54 Å². The molecule has 1 aliphatic heterocycles. The first kappa shape index (κ1) is 13.7. The Hall–Kier alpha value is -1.71. The first-order valence-electron chi connectivity index (χ1n) is 7.01. The van der Waals surface area contributed by atoms with Gasteiger partial charge in [0.15, 0.2) is 0 Å². The van der Waals surface area contributed by atoms with Crippen LogP contribution in [0.15, 0.2) is 24.3 Å². The standard InChI is InChI=1S/C15H23N3O/c1-17(14-8-6-13(16)7-9-14)12-15(19)18-10-4-2-3-5-11-18/h6-9H,2-5,10-12,16H2,1H3. The molecule has 1 aromatic carbocycles. The molecule has 2 N–H and O–H groups in total. The van der Waals surface area contributed by atoms with Crippen molar-refractivity contribution in [2.75, 3.05) is 37.3 Å². The van der Waals surface area contributed by atoms with Crippen molar-refractivity contribution < 1.29 is 4.79 Å². The van der Waals surface area contributed by atoms with E-state index >= 15 is 0 Å². The highest BCUT2D eigenvalue weighted by atomic mass is 16.2. The van der Waals surface area contributed by atoms with Gasteiger partial charge in [-0.25, -0.2) is 0 Å². The van der Waals surface area contributed by atoms with E-state index in [1.165, 1.54) is 12.8 Å². The van der Waals surface area contributed by atoms with E-state index < -0.39 is 0 Å². The molecule has 0 aliphatic carbocycles. The third-order valence-electron chi connectivity index (χ3n) is 3.67. The van der Waals surface area contributed by atoms with E-state index in [4.69, 9.17) is 5.73 Å². The zero-order valence-electron chi connectivity index (χ0n) is 11.6. The summed E-state index contributed by atoms with van der Waals surface area (Å²) >= 11 is 0. The third kappa shape index (κ3) is 3.88.